The molecule has 4 nitrogen and oxygen atoms in total. The van der Waals surface area contributed by atoms with Gasteiger partial charge in [-0.3, -0.25) is 4.68 Å². The van der Waals surface area contributed by atoms with Crippen molar-refractivity contribution in [2.24, 2.45) is 0 Å². The van der Waals surface area contributed by atoms with E-state index in [4.69, 9.17) is 5.73 Å². The van der Waals surface area contributed by atoms with E-state index in [-0.39, 0.29) is 0 Å². The number of aryl methyl sites for hydroxylation is 2. The summed E-state index contributed by atoms with van der Waals surface area (Å²) in [5.41, 5.74) is 8.82. The second-order valence-corrected chi connectivity index (χ2v) is 4.54. The van der Waals surface area contributed by atoms with Crippen LogP contribution in [0.4, 0.5) is 5.69 Å². The summed E-state index contributed by atoms with van der Waals surface area (Å²) < 4.78 is 4.03. The minimum atomic E-state index is 0.706. The Morgan fingerprint density at radius 1 is 0.947 bits per heavy atom. The Balaban J connectivity index is 1.68. The van der Waals surface area contributed by atoms with Crippen molar-refractivity contribution in [1.82, 2.24) is 14.3 Å². The van der Waals surface area contributed by atoms with Crippen molar-refractivity contribution in [2.75, 3.05) is 5.73 Å². The molecule has 0 saturated heterocycles. The van der Waals surface area contributed by atoms with Gasteiger partial charge in [0.25, 0.3) is 0 Å². The summed E-state index contributed by atoms with van der Waals surface area (Å²) in [4.78, 5) is 0. The Kier molecular flexibility index (Phi) is 3.06. The molecular weight excluding hydrogens is 236 g/mol. The van der Waals surface area contributed by atoms with Gasteiger partial charge in [0.15, 0.2) is 0 Å². The number of rotatable bonds is 4. The molecule has 0 spiro atoms. The molecule has 0 aliphatic heterocycles. The molecule has 2 heterocycles. The molecule has 3 aromatic rings. The van der Waals surface area contributed by atoms with Gasteiger partial charge in [-0.05, 0) is 17.2 Å². The van der Waals surface area contributed by atoms with Gasteiger partial charge in [0.2, 0.25) is 0 Å². The van der Waals surface area contributed by atoms with E-state index in [1.54, 1.807) is 6.20 Å². The maximum Gasteiger partial charge on any atom is 0.0719 e. The summed E-state index contributed by atoms with van der Waals surface area (Å²) in [7, 11) is 0. The van der Waals surface area contributed by atoms with E-state index in [0.717, 1.165) is 13.1 Å². The van der Waals surface area contributed by atoms with Gasteiger partial charge in [0.1, 0.15) is 0 Å². The van der Waals surface area contributed by atoms with Crippen molar-refractivity contribution in [1.29, 1.82) is 0 Å². The normalized spacial score (nSPS) is 10.7. The Bertz CT molecular complexity index is 652. The largest absolute Gasteiger partial charge is 0.396 e. The van der Waals surface area contributed by atoms with Crippen molar-refractivity contribution in [2.45, 2.75) is 13.1 Å². The van der Waals surface area contributed by atoms with E-state index in [1.807, 2.05) is 16.9 Å². The highest BCUT2D eigenvalue weighted by atomic mass is 15.3. The lowest BCUT2D eigenvalue weighted by Crippen LogP contribution is -2.05. The highest BCUT2D eigenvalue weighted by Crippen LogP contribution is 2.18. The van der Waals surface area contributed by atoms with Crippen molar-refractivity contribution >= 4 is 5.69 Å². The van der Waals surface area contributed by atoms with Gasteiger partial charge < -0.3 is 10.3 Å². The van der Waals surface area contributed by atoms with Crippen molar-refractivity contribution < 1.29 is 0 Å². The van der Waals surface area contributed by atoms with Gasteiger partial charge >= 0.3 is 0 Å². The molecule has 0 saturated carbocycles. The maximum atomic E-state index is 5.64. The first-order valence-electron chi connectivity index (χ1n) is 6.30. The average Bonchev–Trinajstić information content (AvgIpc) is 3.06. The third-order valence-corrected chi connectivity index (χ3v) is 3.10. The lowest BCUT2D eigenvalue weighted by molar-refractivity contribution is 0.535. The third kappa shape index (κ3) is 2.68. The van der Waals surface area contributed by atoms with Gasteiger partial charge in [-0.1, -0.05) is 30.3 Å². The van der Waals surface area contributed by atoms with Crippen LogP contribution in [0.3, 0.4) is 0 Å². The topological polar surface area (TPSA) is 48.8 Å². The second-order valence-electron chi connectivity index (χ2n) is 4.54. The molecule has 2 N–H and O–H groups in total. The Hall–Kier alpha value is -2.49. The predicted molar refractivity (Wildman–Crippen MR) is 76.5 cm³/mol. The van der Waals surface area contributed by atoms with Crippen LogP contribution in [-0.4, -0.2) is 14.3 Å². The quantitative estimate of drug-likeness (QED) is 0.776. The van der Waals surface area contributed by atoms with Gasteiger partial charge in [-0.25, -0.2) is 0 Å². The zero-order valence-corrected chi connectivity index (χ0v) is 10.6. The predicted octanol–water partition coefficient (Wildman–Crippen LogP) is 2.63. The third-order valence-electron chi connectivity index (χ3n) is 3.10. The maximum absolute atomic E-state index is 5.64. The Morgan fingerprint density at radius 2 is 1.79 bits per heavy atom. The molecule has 3 rings (SSSR count). The number of hydrogen-bond acceptors (Lipinski definition) is 2. The molecule has 0 fully saturated rings. The van der Waals surface area contributed by atoms with Crippen molar-refractivity contribution in [3.05, 3.63) is 61.2 Å². The standard InChI is InChI=1S/C15H16N4/c16-15-10-17-19(12-15)9-8-18-7-6-14(11-18)13-4-2-1-3-5-13/h1-7,10-12H,8-9,16H2. The zero-order chi connectivity index (χ0) is 13.1. The molecule has 4 heteroatoms. The van der Waals surface area contributed by atoms with Gasteiger partial charge in [0.05, 0.1) is 18.4 Å². The molecule has 96 valence electrons. The van der Waals surface area contributed by atoms with E-state index in [1.165, 1.54) is 11.1 Å². The van der Waals surface area contributed by atoms with E-state index < -0.39 is 0 Å². The monoisotopic (exact) mass is 252 g/mol. The van der Waals surface area contributed by atoms with E-state index in [9.17, 15) is 0 Å². The SMILES string of the molecule is Nc1cnn(CCn2ccc(-c3ccccc3)c2)c1. The summed E-state index contributed by atoms with van der Waals surface area (Å²) in [6, 6.07) is 12.5. The molecule has 0 atom stereocenters. The van der Waals surface area contributed by atoms with Gasteiger partial charge in [-0.2, -0.15) is 5.10 Å². The number of nitrogen functional groups attached to an aromatic ring is 1. The van der Waals surface area contributed by atoms with Crippen LogP contribution in [-0.2, 0) is 13.1 Å². The molecular formula is C15H16N4. The molecule has 0 amide bonds. The number of hydrogen-bond donors (Lipinski definition) is 1. The molecule has 1 aromatic carbocycles. The van der Waals surface area contributed by atoms with Gasteiger partial charge in [0, 0.05) is 25.1 Å². The van der Waals surface area contributed by atoms with Crippen LogP contribution in [0.25, 0.3) is 11.1 Å². The smallest absolute Gasteiger partial charge is 0.0719 e. The fourth-order valence-corrected chi connectivity index (χ4v) is 2.10. The fourth-order valence-electron chi connectivity index (χ4n) is 2.10. The summed E-state index contributed by atoms with van der Waals surface area (Å²) in [5.74, 6) is 0. The molecule has 2 aromatic heterocycles. The number of nitrogens with zero attached hydrogens (tertiary/aromatic N) is 3. The van der Waals surface area contributed by atoms with E-state index >= 15 is 0 Å². The number of benzene rings is 1. The van der Waals surface area contributed by atoms with Crippen LogP contribution in [0, 0.1) is 0 Å². The molecule has 19 heavy (non-hydrogen) atoms. The Morgan fingerprint density at radius 3 is 2.53 bits per heavy atom. The van der Waals surface area contributed by atoms with Crippen LogP contribution in [0.1, 0.15) is 0 Å². The Labute approximate surface area is 112 Å². The number of nitrogens with two attached hydrogens (primary N) is 1. The van der Waals surface area contributed by atoms with Gasteiger partial charge in [-0.15, -0.1) is 0 Å². The lowest BCUT2D eigenvalue weighted by Gasteiger charge is -2.03. The highest BCUT2D eigenvalue weighted by molar-refractivity contribution is 5.62. The first-order valence-corrected chi connectivity index (χ1v) is 6.30. The van der Waals surface area contributed by atoms with E-state index in [2.05, 4.69) is 52.4 Å². The molecule has 0 unspecified atom stereocenters. The van der Waals surface area contributed by atoms with Crippen molar-refractivity contribution in [3.8, 4) is 11.1 Å². The van der Waals surface area contributed by atoms with Crippen LogP contribution in [0.2, 0.25) is 0 Å². The summed E-state index contributed by atoms with van der Waals surface area (Å²) in [6.07, 6.45) is 7.77. The lowest BCUT2D eigenvalue weighted by atomic mass is 10.1. The van der Waals surface area contributed by atoms with Crippen LogP contribution in [0.5, 0.6) is 0 Å². The molecule has 0 aliphatic carbocycles. The minimum absolute atomic E-state index is 0.706. The highest BCUT2D eigenvalue weighted by Gasteiger charge is 2.00. The zero-order valence-electron chi connectivity index (χ0n) is 10.6. The number of anilines is 1. The van der Waals surface area contributed by atoms with Crippen LogP contribution in [0.15, 0.2) is 61.2 Å². The molecule has 0 aliphatic rings. The first kappa shape index (κ1) is 11.6. The summed E-state index contributed by atoms with van der Waals surface area (Å²) >= 11 is 0. The summed E-state index contributed by atoms with van der Waals surface area (Å²) in [5, 5.41) is 4.17. The second kappa shape index (κ2) is 5.02. The summed E-state index contributed by atoms with van der Waals surface area (Å²) in [6.45, 7) is 1.70. The molecule has 0 radical (unpaired) electrons. The van der Waals surface area contributed by atoms with Crippen molar-refractivity contribution in [3.63, 3.8) is 0 Å². The van der Waals surface area contributed by atoms with Crippen LogP contribution < -0.4 is 5.73 Å². The number of aromatic nitrogens is 3. The molecule has 0 bridgehead atoms. The first-order chi connectivity index (χ1) is 9.31. The van der Waals surface area contributed by atoms with E-state index in [0.29, 0.717) is 5.69 Å². The van der Waals surface area contributed by atoms with Crippen LogP contribution >= 0.6 is 0 Å². The minimum Gasteiger partial charge on any atom is -0.396 e. The average molecular weight is 252 g/mol. The fraction of sp³-hybridized carbons (Fsp3) is 0.133.